The largest absolute Gasteiger partial charge is 0.324 e. The molecule has 1 nitrogen and oxygen atoms in total. The van der Waals surface area contributed by atoms with Crippen molar-refractivity contribution in [2.24, 2.45) is 5.73 Å². The van der Waals surface area contributed by atoms with Crippen molar-refractivity contribution < 1.29 is 8.78 Å². The van der Waals surface area contributed by atoms with Crippen molar-refractivity contribution in [1.82, 2.24) is 0 Å². The lowest BCUT2D eigenvalue weighted by Crippen LogP contribution is -2.13. The Hall–Kier alpha value is -0.0900. The van der Waals surface area contributed by atoms with E-state index >= 15 is 0 Å². The van der Waals surface area contributed by atoms with Crippen LogP contribution in [0.4, 0.5) is 8.78 Å². The highest BCUT2D eigenvalue weighted by atomic mass is 35.5. The van der Waals surface area contributed by atoms with Gasteiger partial charge in [0.2, 0.25) is 0 Å². The Morgan fingerprint density at radius 1 is 1.33 bits per heavy atom. The molecule has 0 unspecified atom stereocenters. The monoisotopic (exact) mass is 275 g/mol. The van der Waals surface area contributed by atoms with Crippen LogP contribution in [0.5, 0.6) is 0 Å². The Bertz CT molecular complexity index is 333. The van der Waals surface area contributed by atoms with E-state index in [1.165, 1.54) is 12.1 Å². The van der Waals surface area contributed by atoms with Gasteiger partial charge in [0.25, 0.3) is 0 Å². The predicted molar refractivity (Wildman–Crippen MR) is 61.2 cm³/mol. The number of alkyl halides is 1. The van der Waals surface area contributed by atoms with E-state index in [4.69, 9.17) is 28.9 Å². The molecule has 1 rings (SSSR count). The van der Waals surface area contributed by atoms with Crippen LogP contribution in [-0.2, 0) is 0 Å². The molecular weight excluding hydrogens is 266 g/mol. The summed E-state index contributed by atoms with van der Waals surface area (Å²) in [5, 5.41) is 0.282. The number of rotatable bonds is 3. The van der Waals surface area contributed by atoms with Crippen LogP contribution in [0, 0.1) is 5.82 Å². The van der Waals surface area contributed by atoms with Crippen LogP contribution in [0.2, 0.25) is 10.0 Å². The minimum atomic E-state index is -0.758. The smallest absolute Gasteiger partial charge is 0.129 e. The second-order valence-corrected chi connectivity index (χ2v) is 3.63. The summed E-state index contributed by atoms with van der Waals surface area (Å²) < 4.78 is 25.3. The maximum atomic E-state index is 13.3. The average Bonchev–Trinajstić information content (AvgIpc) is 2.13. The zero-order valence-electron chi connectivity index (χ0n) is 7.64. The molecule has 0 bridgehead atoms. The fraction of sp³-hybridized carbons (Fsp3) is 0.333. The lowest BCUT2D eigenvalue weighted by atomic mass is 10.0. The molecular formula is C9H10Cl3F2N. The van der Waals surface area contributed by atoms with Gasteiger partial charge in [-0.15, -0.1) is 12.4 Å². The molecule has 86 valence electrons. The molecule has 2 N–H and O–H groups in total. The van der Waals surface area contributed by atoms with E-state index in [1.54, 1.807) is 0 Å². The van der Waals surface area contributed by atoms with Crippen molar-refractivity contribution in [3.63, 3.8) is 0 Å². The van der Waals surface area contributed by atoms with Crippen molar-refractivity contribution >= 4 is 35.6 Å². The summed E-state index contributed by atoms with van der Waals surface area (Å²) in [6.07, 6.45) is 0.0248. The molecule has 15 heavy (non-hydrogen) atoms. The molecule has 0 aliphatic carbocycles. The third-order valence-electron chi connectivity index (χ3n) is 1.87. The van der Waals surface area contributed by atoms with E-state index in [9.17, 15) is 8.78 Å². The first-order valence-corrected chi connectivity index (χ1v) is 4.78. The minimum Gasteiger partial charge on any atom is -0.324 e. The van der Waals surface area contributed by atoms with Crippen molar-refractivity contribution in [3.8, 4) is 0 Å². The molecule has 1 atom stereocenters. The molecule has 0 aliphatic heterocycles. The maximum absolute atomic E-state index is 13.3. The van der Waals surface area contributed by atoms with Crippen molar-refractivity contribution in [2.45, 2.75) is 12.5 Å². The van der Waals surface area contributed by atoms with Gasteiger partial charge in [0.15, 0.2) is 0 Å². The van der Waals surface area contributed by atoms with Crippen molar-refractivity contribution in [2.75, 3.05) is 6.67 Å². The first-order chi connectivity index (χ1) is 6.57. The lowest BCUT2D eigenvalue weighted by Gasteiger charge is -2.13. The zero-order valence-corrected chi connectivity index (χ0v) is 9.97. The number of nitrogens with two attached hydrogens (primary N) is 1. The van der Waals surface area contributed by atoms with Crippen LogP contribution >= 0.6 is 35.6 Å². The van der Waals surface area contributed by atoms with Gasteiger partial charge < -0.3 is 5.73 Å². The summed E-state index contributed by atoms with van der Waals surface area (Å²) in [6.45, 7) is -0.622. The van der Waals surface area contributed by atoms with Gasteiger partial charge in [0.05, 0.1) is 16.7 Å². The van der Waals surface area contributed by atoms with Gasteiger partial charge in [-0.25, -0.2) is 4.39 Å². The van der Waals surface area contributed by atoms with Gasteiger partial charge in [0, 0.05) is 11.6 Å². The molecule has 6 heteroatoms. The van der Waals surface area contributed by atoms with Crippen LogP contribution in [0.25, 0.3) is 0 Å². The molecule has 0 aromatic heterocycles. The number of halogens is 5. The molecule has 0 heterocycles. The van der Waals surface area contributed by atoms with E-state index in [-0.39, 0.29) is 34.4 Å². The zero-order chi connectivity index (χ0) is 10.7. The number of hydrogen-bond donors (Lipinski definition) is 1. The standard InChI is InChI=1S/C9H9Cl2F2N.ClH/c10-5-1-2-6(13)8(9(5)11)7(14)3-4-12;/h1-2,7H,3-4,14H2;1H/t7-;/m0./s1. The van der Waals surface area contributed by atoms with Gasteiger partial charge in [-0.2, -0.15) is 0 Å². The summed E-state index contributed by atoms with van der Waals surface area (Å²) in [6, 6.07) is 1.75. The Balaban J connectivity index is 0.00000196. The second-order valence-electron chi connectivity index (χ2n) is 2.84. The topological polar surface area (TPSA) is 26.0 Å². The van der Waals surface area contributed by atoms with Gasteiger partial charge in [-0.05, 0) is 18.6 Å². The summed E-state index contributed by atoms with van der Waals surface area (Å²) in [4.78, 5) is 0. The third kappa shape index (κ3) is 3.45. The first kappa shape index (κ1) is 14.9. The van der Waals surface area contributed by atoms with E-state index < -0.39 is 18.5 Å². The maximum Gasteiger partial charge on any atom is 0.129 e. The summed E-state index contributed by atoms with van der Waals surface area (Å²) in [7, 11) is 0. The fourth-order valence-corrected chi connectivity index (χ4v) is 1.60. The van der Waals surface area contributed by atoms with E-state index in [0.29, 0.717) is 0 Å². The molecule has 0 radical (unpaired) electrons. The van der Waals surface area contributed by atoms with Crippen LogP contribution in [-0.4, -0.2) is 6.67 Å². The Kier molecular flexibility index (Phi) is 6.44. The minimum absolute atomic E-state index is 0. The highest BCUT2D eigenvalue weighted by Crippen LogP contribution is 2.32. The van der Waals surface area contributed by atoms with E-state index in [2.05, 4.69) is 0 Å². The average molecular weight is 277 g/mol. The van der Waals surface area contributed by atoms with Gasteiger partial charge in [0.1, 0.15) is 5.82 Å². The summed E-state index contributed by atoms with van der Waals surface area (Å²) >= 11 is 11.4. The van der Waals surface area contributed by atoms with Gasteiger partial charge in [-0.3, -0.25) is 4.39 Å². The lowest BCUT2D eigenvalue weighted by molar-refractivity contribution is 0.435. The number of hydrogen-bond acceptors (Lipinski definition) is 1. The second kappa shape index (κ2) is 6.48. The van der Waals surface area contributed by atoms with Crippen molar-refractivity contribution in [1.29, 1.82) is 0 Å². The first-order valence-electron chi connectivity index (χ1n) is 4.03. The quantitative estimate of drug-likeness (QED) is 0.832. The van der Waals surface area contributed by atoms with Crippen LogP contribution in [0.1, 0.15) is 18.0 Å². The fourth-order valence-electron chi connectivity index (χ4n) is 1.14. The van der Waals surface area contributed by atoms with Crippen LogP contribution < -0.4 is 5.73 Å². The molecule has 0 spiro atoms. The highest BCUT2D eigenvalue weighted by Gasteiger charge is 2.17. The van der Waals surface area contributed by atoms with Crippen molar-refractivity contribution in [3.05, 3.63) is 33.6 Å². The SMILES string of the molecule is Cl.N[C@@H](CCF)c1c(F)ccc(Cl)c1Cl. The van der Waals surface area contributed by atoms with Gasteiger partial charge >= 0.3 is 0 Å². The summed E-state index contributed by atoms with van der Waals surface area (Å²) in [5.74, 6) is -0.555. The normalized spacial score (nSPS) is 12.1. The van der Waals surface area contributed by atoms with E-state index in [0.717, 1.165) is 0 Å². The predicted octanol–water partition coefficient (Wildman–Crippen LogP) is 3.91. The van der Waals surface area contributed by atoms with Crippen LogP contribution in [0.15, 0.2) is 12.1 Å². The molecule has 1 aromatic carbocycles. The Morgan fingerprint density at radius 3 is 2.47 bits per heavy atom. The molecule has 0 saturated heterocycles. The molecule has 0 saturated carbocycles. The summed E-state index contributed by atoms with van der Waals surface area (Å²) in [5.41, 5.74) is 5.63. The van der Waals surface area contributed by atoms with E-state index in [1.807, 2.05) is 0 Å². The number of benzene rings is 1. The van der Waals surface area contributed by atoms with Gasteiger partial charge in [-0.1, -0.05) is 23.2 Å². The molecule has 0 aliphatic rings. The molecule has 1 aromatic rings. The molecule has 0 amide bonds. The Labute approximate surface area is 103 Å². The van der Waals surface area contributed by atoms with Crippen LogP contribution in [0.3, 0.4) is 0 Å². The molecule has 0 fully saturated rings. The third-order valence-corrected chi connectivity index (χ3v) is 2.69. The Morgan fingerprint density at radius 2 is 1.93 bits per heavy atom. The highest BCUT2D eigenvalue weighted by molar-refractivity contribution is 6.42.